The lowest BCUT2D eigenvalue weighted by atomic mass is 10.0. The van der Waals surface area contributed by atoms with Crippen molar-refractivity contribution < 1.29 is 4.79 Å². The van der Waals surface area contributed by atoms with Gasteiger partial charge in [-0.25, -0.2) is 0 Å². The lowest BCUT2D eigenvalue weighted by Crippen LogP contribution is -2.17. The second kappa shape index (κ2) is 5.00. The van der Waals surface area contributed by atoms with Gasteiger partial charge in [-0.3, -0.25) is 9.48 Å². The number of nitrogens with one attached hydrogen (secondary N) is 2. The van der Waals surface area contributed by atoms with Crippen LogP contribution < -0.4 is 10.6 Å². The van der Waals surface area contributed by atoms with Crippen molar-refractivity contribution in [3.8, 4) is 0 Å². The Morgan fingerprint density at radius 1 is 1.45 bits per heavy atom. The summed E-state index contributed by atoms with van der Waals surface area (Å²) in [5.74, 6) is -0.102. The number of hydrogen-bond acceptors (Lipinski definition) is 3. The number of rotatable bonds is 2. The van der Waals surface area contributed by atoms with Crippen LogP contribution in [0.3, 0.4) is 0 Å². The first-order valence-corrected chi connectivity index (χ1v) is 6.82. The van der Waals surface area contributed by atoms with E-state index in [-0.39, 0.29) is 5.91 Å². The molecule has 3 rings (SSSR count). The van der Waals surface area contributed by atoms with Crippen LogP contribution in [0, 0.1) is 6.92 Å². The van der Waals surface area contributed by atoms with Gasteiger partial charge in [0.2, 0.25) is 0 Å². The topological polar surface area (TPSA) is 59.0 Å². The first-order valence-electron chi connectivity index (χ1n) is 6.82. The third-order valence-electron chi connectivity index (χ3n) is 3.60. The van der Waals surface area contributed by atoms with E-state index in [0.717, 1.165) is 36.5 Å². The van der Waals surface area contributed by atoms with Crippen LogP contribution in [0.1, 0.15) is 28.0 Å². The van der Waals surface area contributed by atoms with Gasteiger partial charge in [-0.15, -0.1) is 0 Å². The number of nitrogens with zero attached hydrogens (tertiary/aromatic N) is 2. The van der Waals surface area contributed by atoms with Crippen molar-refractivity contribution >= 4 is 17.3 Å². The highest BCUT2D eigenvalue weighted by Gasteiger charge is 2.17. The molecule has 0 spiro atoms. The molecule has 0 fully saturated rings. The van der Waals surface area contributed by atoms with E-state index < -0.39 is 0 Å². The molecule has 20 heavy (non-hydrogen) atoms. The van der Waals surface area contributed by atoms with Crippen molar-refractivity contribution in [2.45, 2.75) is 19.8 Å². The maximum absolute atomic E-state index is 12.3. The zero-order valence-electron chi connectivity index (χ0n) is 11.7. The Kier molecular flexibility index (Phi) is 3.18. The number of benzene rings is 1. The molecular weight excluding hydrogens is 252 g/mol. The van der Waals surface area contributed by atoms with Gasteiger partial charge in [-0.05, 0) is 37.5 Å². The summed E-state index contributed by atoms with van der Waals surface area (Å²) in [4.78, 5) is 12.3. The number of anilines is 2. The van der Waals surface area contributed by atoms with Gasteiger partial charge in [0.05, 0.1) is 11.3 Å². The Labute approximate surface area is 118 Å². The number of amides is 1. The second-order valence-corrected chi connectivity index (χ2v) is 5.12. The number of aryl methyl sites for hydroxylation is 2. The Bertz CT molecular complexity index is 660. The summed E-state index contributed by atoms with van der Waals surface area (Å²) in [7, 11) is 1.82. The molecule has 0 saturated carbocycles. The van der Waals surface area contributed by atoms with E-state index in [1.165, 1.54) is 5.56 Å². The maximum atomic E-state index is 12.3. The summed E-state index contributed by atoms with van der Waals surface area (Å²) >= 11 is 0. The van der Waals surface area contributed by atoms with Crippen molar-refractivity contribution in [3.63, 3.8) is 0 Å². The minimum absolute atomic E-state index is 0.102. The molecule has 0 unspecified atom stereocenters. The van der Waals surface area contributed by atoms with Crippen LogP contribution in [-0.2, 0) is 13.5 Å². The number of aromatic nitrogens is 2. The van der Waals surface area contributed by atoms with E-state index >= 15 is 0 Å². The smallest absolute Gasteiger partial charge is 0.259 e. The predicted octanol–water partition coefficient (Wildman–Crippen LogP) is 2.34. The first-order chi connectivity index (χ1) is 9.65. The Morgan fingerprint density at radius 3 is 3.05 bits per heavy atom. The molecule has 0 radical (unpaired) electrons. The normalized spacial score (nSPS) is 13.5. The third kappa shape index (κ3) is 2.27. The molecule has 1 amide bonds. The lowest BCUT2D eigenvalue weighted by Gasteiger charge is -2.21. The monoisotopic (exact) mass is 270 g/mol. The number of fused-ring (bicyclic) bond motifs is 1. The third-order valence-corrected chi connectivity index (χ3v) is 3.60. The standard InChI is InChI=1S/C15H18N4O/c1-10-12(9-19(2)18-10)15(20)17-14-7-3-6-13-11(14)5-4-8-16-13/h3,6-7,9,16H,4-5,8H2,1-2H3,(H,17,20). The molecule has 2 aromatic rings. The van der Waals surface area contributed by atoms with Crippen LogP contribution in [0.25, 0.3) is 0 Å². The fourth-order valence-electron chi connectivity index (χ4n) is 2.64. The molecule has 0 bridgehead atoms. The van der Waals surface area contributed by atoms with Crippen LogP contribution in [0.2, 0.25) is 0 Å². The van der Waals surface area contributed by atoms with Gasteiger partial charge in [0.15, 0.2) is 0 Å². The zero-order valence-corrected chi connectivity index (χ0v) is 11.7. The van der Waals surface area contributed by atoms with E-state index in [1.807, 2.05) is 26.1 Å². The van der Waals surface area contributed by atoms with Crippen molar-refractivity contribution in [3.05, 3.63) is 41.2 Å². The first kappa shape index (κ1) is 12.7. The van der Waals surface area contributed by atoms with Gasteiger partial charge in [-0.1, -0.05) is 6.07 Å². The molecule has 5 heteroatoms. The van der Waals surface area contributed by atoms with Crippen LogP contribution in [0.15, 0.2) is 24.4 Å². The van der Waals surface area contributed by atoms with E-state index in [0.29, 0.717) is 5.56 Å². The average Bonchev–Trinajstić information content (AvgIpc) is 2.78. The Balaban J connectivity index is 1.88. The minimum atomic E-state index is -0.102. The molecule has 2 heterocycles. The van der Waals surface area contributed by atoms with Gasteiger partial charge in [-0.2, -0.15) is 5.10 Å². The van der Waals surface area contributed by atoms with E-state index in [9.17, 15) is 4.79 Å². The van der Waals surface area contributed by atoms with Gasteiger partial charge < -0.3 is 10.6 Å². The zero-order chi connectivity index (χ0) is 14.1. The largest absolute Gasteiger partial charge is 0.385 e. The summed E-state index contributed by atoms with van der Waals surface area (Å²) in [6.07, 6.45) is 3.83. The number of hydrogen-bond donors (Lipinski definition) is 2. The fourth-order valence-corrected chi connectivity index (χ4v) is 2.64. The van der Waals surface area contributed by atoms with Gasteiger partial charge in [0.1, 0.15) is 0 Å². The molecule has 1 aromatic carbocycles. The van der Waals surface area contributed by atoms with Crippen molar-refractivity contribution in [1.82, 2.24) is 9.78 Å². The highest BCUT2D eigenvalue weighted by atomic mass is 16.1. The van der Waals surface area contributed by atoms with E-state index in [4.69, 9.17) is 0 Å². The molecular formula is C15H18N4O. The average molecular weight is 270 g/mol. The summed E-state index contributed by atoms with van der Waals surface area (Å²) in [5.41, 5.74) is 4.57. The lowest BCUT2D eigenvalue weighted by molar-refractivity contribution is 0.102. The molecule has 104 valence electrons. The highest BCUT2D eigenvalue weighted by molar-refractivity contribution is 6.05. The van der Waals surface area contributed by atoms with E-state index in [2.05, 4.69) is 21.8 Å². The molecule has 0 atom stereocenters. The SMILES string of the molecule is Cc1nn(C)cc1C(=O)Nc1cccc2c1CCCN2. The molecule has 1 aliphatic heterocycles. The van der Waals surface area contributed by atoms with Crippen molar-refractivity contribution in [2.24, 2.45) is 7.05 Å². The molecule has 0 saturated heterocycles. The molecule has 2 N–H and O–H groups in total. The number of carbonyl (C=O) groups is 1. The molecule has 1 aromatic heterocycles. The number of carbonyl (C=O) groups excluding carboxylic acids is 1. The molecule has 0 aliphatic carbocycles. The summed E-state index contributed by atoms with van der Waals surface area (Å²) < 4.78 is 1.66. The Hall–Kier alpha value is -2.30. The van der Waals surface area contributed by atoms with Crippen molar-refractivity contribution in [1.29, 1.82) is 0 Å². The predicted molar refractivity (Wildman–Crippen MR) is 79.2 cm³/mol. The molecule has 5 nitrogen and oxygen atoms in total. The van der Waals surface area contributed by atoms with E-state index in [1.54, 1.807) is 10.9 Å². The van der Waals surface area contributed by atoms with Crippen LogP contribution in [0.4, 0.5) is 11.4 Å². The second-order valence-electron chi connectivity index (χ2n) is 5.12. The fraction of sp³-hybridized carbons (Fsp3) is 0.333. The van der Waals surface area contributed by atoms with Crippen molar-refractivity contribution in [2.75, 3.05) is 17.2 Å². The summed E-state index contributed by atoms with van der Waals surface area (Å²) in [6, 6.07) is 5.97. The van der Waals surface area contributed by atoms with Crippen LogP contribution in [0.5, 0.6) is 0 Å². The van der Waals surface area contributed by atoms with Gasteiger partial charge in [0, 0.05) is 31.2 Å². The molecule has 1 aliphatic rings. The van der Waals surface area contributed by atoms with Gasteiger partial charge >= 0.3 is 0 Å². The summed E-state index contributed by atoms with van der Waals surface area (Å²) in [6.45, 7) is 2.84. The van der Waals surface area contributed by atoms with Crippen LogP contribution in [-0.4, -0.2) is 22.2 Å². The summed E-state index contributed by atoms with van der Waals surface area (Å²) in [5, 5.41) is 10.6. The Morgan fingerprint density at radius 2 is 2.30 bits per heavy atom. The van der Waals surface area contributed by atoms with Crippen LogP contribution >= 0.6 is 0 Å². The highest BCUT2D eigenvalue weighted by Crippen LogP contribution is 2.29. The maximum Gasteiger partial charge on any atom is 0.259 e. The minimum Gasteiger partial charge on any atom is -0.385 e. The quantitative estimate of drug-likeness (QED) is 0.880. The van der Waals surface area contributed by atoms with Gasteiger partial charge in [0.25, 0.3) is 5.91 Å².